The summed E-state index contributed by atoms with van der Waals surface area (Å²) in [4.78, 5) is 29.1. The lowest BCUT2D eigenvalue weighted by molar-refractivity contribution is 0.0784. The molecule has 1 aliphatic rings. The second-order valence-electron chi connectivity index (χ2n) is 6.67. The molecule has 1 unspecified atom stereocenters. The number of hydrogen-bond acceptors (Lipinski definition) is 6. The first kappa shape index (κ1) is 17.2. The fourth-order valence-electron chi connectivity index (χ4n) is 3.18. The Balaban J connectivity index is 1.44. The number of aromatic amines is 1. The van der Waals surface area contributed by atoms with E-state index >= 15 is 0 Å². The zero-order chi connectivity index (χ0) is 18.8. The van der Waals surface area contributed by atoms with Crippen molar-refractivity contribution in [2.75, 3.05) is 18.4 Å². The van der Waals surface area contributed by atoms with Gasteiger partial charge in [0.15, 0.2) is 5.69 Å². The van der Waals surface area contributed by atoms with Crippen LogP contribution in [0.5, 0.6) is 0 Å². The van der Waals surface area contributed by atoms with Crippen molar-refractivity contribution in [3.8, 4) is 0 Å². The Bertz CT molecular complexity index is 1030. The lowest BCUT2D eigenvalue weighted by atomic mass is 10.1. The smallest absolute Gasteiger partial charge is 0.274 e. The number of carbonyl (C=O) groups excluding carboxylic acids is 1. The van der Waals surface area contributed by atoms with Crippen LogP contribution in [0.3, 0.4) is 0 Å². The van der Waals surface area contributed by atoms with Gasteiger partial charge in [-0.15, -0.1) is 10.2 Å². The topological polar surface area (TPSA) is 117 Å². The number of fused-ring (bicyclic) bond motifs is 1. The van der Waals surface area contributed by atoms with Crippen LogP contribution in [0.15, 0.2) is 47.3 Å². The first-order chi connectivity index (χ1) is 13.1. The van der Waals surface area contributed by atoms with Crippen LogP contribution in [0.4, 0.5) is 5.82 Å². The van der Waals surface area contributed by atoms with Crippen molar-refractivity contribution in [3.05, 3.63) is 64.1 Å². The molecule has 3 heterocycles. The number of para-hydroxylation sites is 1. The van der Waals surface area contributed by atoms with Crippen molar-refractivity contribution in [2.24, 2.45) is 5.73 Å². The van der Waals surface area contributed by atoms with Crippen LogP contribution in [0.25, 0.3) is 10.9 Å². The molecule has 0 spiro atoms. The van der Waals surface area contributed by atoms with Crippen molar-refractivity contribution in [2.45, 2.75) is 19.0 Å². The predicted molar refractivity (Wildman–Crippen MR) is 102 cm³/mol. The molecule has 1 aromatic carbocycles. The fraction of sp³-hybridized carbons (Fsp3) is 0.263. The minimum Gasteiger partial charge on any atom is -0.364 e. The van der Waals surface area contributed by atoms with Gasteiger partial charge < -0.3 is 20.9 Å². The molecule has 1 aliphatic heterocycles. The van der Waals surface area contributed by atoms with E-state index in [0.717, 1.165) is 17.3 Å². The number of nitrogens with two attached hydrogens (primary N) is 1. The minimum atomic E-state index is -0.159. The van der Waals surface area contributed by atoms with Crippen LogP contribution in [-0.4, -0.2) is 45.1 Å². The number of nitrogens with zero attached hydrogens (tertiary/aromatic N) is 3. The summed E-state index contributed by atoms with van der Waals surface area (Å²) in [5.74, 6) is 0.338. The first-order valence-corrected chi connectivity index (χ1v) is 8.83. The number of benzene rings is 1. The molecule has 138 valence electrons. The number of rotatable bonds is 4. The lowest BCUT2D eigenvalue weighted by Crippen LogP contribution is -2.32. The van der Waals surface area contributed by atoms with E-state index in [9.17, 15) is 9.59 Å². The maximum Gasteiger partial charge on any atom is 0.274 e. The number of anilines is 1. The summed E-state index contributed by atoms with van der Waals surface area (Å²) in [6.45, 7) is 1.50. The van der Waals surface area contributed by atoms with Gasteiger partial charge in [0.2, 0.25) is 0 Å². The number of H-pyrrole nitrogens is 1. The van der Waals surface area contributed by atoms with Gasteiger partial charge in [-0.1, -0.05) is 18.2 Å². The molecule has 1 amide bonds. The van der Waals surface area contributed by atoms with E-state index in [1.54, 1.807) is 17.0 Å². The van der Waals surface area contributed by atoms with Gasteiger partial charge in [0.1, 0.15) is 5.82 Å². The number of likely N-dealkylation sites (tertiary alicyclic amines) is 1. The highest BCUT2D eigenvalue weighted by molar-refractivity contribution is 5.92. The zero-order valence-electron chi connectivity index (χ0n) is 14.7. The van der Waals surface area contributed by atoms with Gasteiger partial charge in [-0.2, -0.15) is 0 Å². The van der Waals surface area contributed by atoms with Crippen LogP contribution in [0, 0.1) is 0 Å². The number of carbonyl (C=O) groups is 1. The molecule has 0 aliphatic carbocycles. The molecule has 0 saturated carbocycles. The molecule has 4 N–H and O–H groups in total. The third-order valence-electron chi connectivity index (χ3n) is 4.69. The zero-order valence-corrected chi connectivity index (χ0v) is 14.7. The van der Waals surface area contributed by atoms with Crippen molar-refractivity contribution in [1.29, 1.82) is 0 Å². The van der Waals surface area contributed by atoms with Crippen LogP contribution in [0.1, 0.15) is 22.5 Å². The van der Waals surface area contributed by atoms with E-state index in [4.69, 9.17) is 5.73 Å². The molecule has 1 fully saturated rings. The molecule has 2 aromatic heterocycles. The van der Waals surface area contributed by atoms with Crippen LogP contribution < -0.4 is 16.6 Å². The summed E-state index contributed by atoms with van der Waals surface area (Å²) in [5, 5.41) is 12.1. The number of pyridine rings is 1. The molecule has 1 atom stereocenters. The van der Waals surface area contributed by atoms with Crippen molar-refractivity contribution in [3.63, 3.8) is 0 Å². The summed E-state index contributed by atoms with van der Waals surface area (Å²) in [6, 6.07) is 12.8. The normalized spacial score (nSPS) is 16.6. The van der Waals surface area contributed by atoms with Crippen LogP contribution in [0.2, 0.25) is 0 Å². The Morgan fingerprint density at radius 2 is 2.11 bits per heavy atom. The van der Waals surface area contributed by atoms with E-state index in [0.29, 0.717) is 36.7 Å². The Hall–Kier alpha value is -3.26. The summed E-state index contributed by atoms with van der Waals surface area (Å²) in [7, 11) is 0. The molecule has 3 aromatic rings. The molecule has 0 radical (unpaired) electrons. The van der Waals surface area contributed by atoms with E-state index in [-0.39, 0.29) is 17.5 Å². The van der Waals surface area contributed by atoms with Crippen LogP contribution in [-0.2, 0) is 6.54 Å². The SMILES string of the molecule is NC1CCN(C(=O)c2ccc(NCc3cc4ccccc4[nH]c3=O)nn2)C1. The summed E-state index contributed by atoms with van der Waals surface area (Å²) in [6.07, 6.45) is 0.805. The molecule has 8 heteroatoms. The number of nitrogens with one attached hydrogen (secondary N) is 2. The average molecular weight is 364 g/mol. The van der Waals surface area contributed by atoms with Gasteiger partial charge >= 0.3 is 0 Å². The first-order valence-electron chi connectivity index (χ1n) is 8.83. The third kappa shape index (κ3) is 3.65. The van der Waals surface area contributed by atoms with Gasteiger partial charge in [-0.05, 0) is 36.1 Å². The largest absolute Gasteiger partial charge is 0.364 e. The van der Waals surface area contributed by atoms with E-state index in [2.05, 4.69) is 20.5 Å². The summed E-state index contributed by atoms with van der Waals surface area (Å²) in [5.41, 5.74) is 7.38. The van der Waals surface area contributed by atoms with Gasteiger partial charge in [-0.3, -0.25) is 9.59 Å². The molecule has 4 rings (SSSR count). The molecule has 1 saturated heterocycles. The van der Waals surface area contributed by atoms with Crippen molar-refractivity contribution < 1.29 is 4.79 Å². The highest BCUT2D eigenvalue weighted by Crippen LogP contribution is 2.13. The van der Waals surface area contributed by atoms with Gasteiger partial charge in [0, 0.05) is 36.8 Å². The minimum absolute atomic E-state index is 0.0305. The van der Waals surface area contributed by atoms with Crippen molar-refractivity contribution in [1.82, 2.24) is 20.1 Å². The van der Waals surface area contributed by atoms with E-state index in [1.807, 2.05) is 30.3 Å². The van der Waals surface area contributed by atoms with E-state index < -0.39 is 0 Å². The second-order valence-corrected chi connectivity index (χ2v) is 6.67. The average Bonchev–Trinajstić information content (AvgIpc) is 3.12. The Labute approximate surface area is 155 Å². The number of hydrogen-bond donors (Lipinski definition) is 3. The maximum absolute atomic E-state index is 12.4. The highest BCUT2D eigenvalue weighted by atomic mass is 16.2. The molecular formula is C19H20N6O2. The van der Waals surface area contributed by atoms with Crippen LogP contribution >= 0.6 is 0 Å². The molecule has 27 heavy (non-hydrogen) atoms. The van der Waals surface area contributed by atoms with Gasteiger partial charge in [0.25, 0.3) is 11.5 Å². The molecular weight excluding hydrogens is 344 g/mol. The Kier molecular flexibility index (Phi) is 4.55. The van der Waals surface area contributed by atoms with Crippen molar-refractivity contribution >= 4 is 22.6 Å². The Morgan fingerprint density at radius 3 is 2.85 bits per heavy atom. The highest BCUT2D eigenvalue weighted by Gasteiger charge is 2.25. The van der Waals surface area contributed by atoms with Gasteiger partial charge in [0.05, 0.1) is 0 Å². The van der Waals surface area contributed by atoms with Gasteiger partial charge in [-0.25, -0.2) is 0 Å². The predicted octanol–water partition coefficient (Wildman–Crippen LogP) is 1.10. The monoisotopic (exact) mass is 364 g/mol. The van der Waals surface area contributed by atoms with E-state index in [1.165, 1.54) is 0 Å². The second kappa shape index (κ2) is 7.16. The molecule has 8 nitrogen and oxygen atoms in total. The Morgan fingerprint density at radius 1 is 1.26 bits per heavy atom. The quantitative estimate of drug-likeness (QED) is 0.638. The summed E-state index contributed by atoms with van der Waals surface area (Å²) >= 11 is 0. The number of aromatic nitrogens is 3. The number of amides is 1. The summed E-state index contributed by atoms with van der Waals surface area (Å²) < 4.78 is 0. The third-order valence-corrected chi connectivity index (χ3v) is 4.69. The fourth-order valence-corrected chi connectivity index (χ4v) is 3.18. The standard InChI is InChI=1S/C19H20N6O2/c20-14-7-8-25(11-14)19(27)16-5-6-17(24-23-16)21-10-13-9-12-3-1-2-4-15(12)22-18(13)26/h1-6,9,14H,7-8,10-11,20H2,(H,21,24)(H,22,26). The molecule has 0 bridgehead atoms. The maximum atomic E-state index is 12.4. The lowest BCUT2D eigenvalue weighted by Gasteiger charge is -2.14.